The topological polar surface area (TPSA) is 85.1 Å². The van der Waals surface area contributed by atoms with Crippen molar-refractivity contribution in [2.45, 2.75) is 25.1 Å². The predicted octanol–water partition coefficient (Wildman–Crippen LogP) is 4.19. The van der Waals surface area contributed by atoms with Crippen LogP contribution >= 0.6 is 0 Å². The van der Waals surface area contributed by atoms with Crippen LogP contribution in [0.1, 0.15) is 29.5 Å². The minimum atomic E-state index is -0.105. The predicted molar refractivity (Wildman–Crippen MR) is 130 cm³/mol. The van der Waals surface area contributed by atoms with Gasteiger partial charge in [0.15, 0.2) is 11.5 Å². The normalized spacial score (nSPS) is 21.6. The molecule has 1 N–H and O–H groups in total. The van der Waals surface area contributed by atoms with Crippen molar-refractivity contribution in [2.24, 2.45) is 10.9 Å². The van der Waals surface area contributed by atoms with Gasteiger partial charge in [-0.1, -0.05) is 6.07 Å². The highest BCUT2D eigenvalue weighted by Crippen LogP contribution is 2.39. The molecular formula is C27H27N3O4. The number of methoxy groups -OCH3 is 2. The standard InChI is InChI=1S/C27H27N3O4/c1-31-25-6-4-18(14-26(25)32-2)23-15-22-21(7-10-29-27(22)30-23)17-3-5-24(19(13-17)16-28)34-20-8-11-33-12-9-20/h3-7,10,13-15,20,22,27,30H,8-9,11-12H2,1-2H3. The molecule has 5 rings (SSSR count). The Kier molecular flexibility index (Phi) is 6.24. The van der Waals surface area contributed by atoms with Crippen LogP contribution in [0.2, 0.25) is 0 Å². The molecule has 0 aromatic heterocycles. The van der Waals surface area contributed by atoms with Gasteiger partial charge in [0.1, 0.15) is 24.1 Å². The lowest BCUT2D eigenvalue weighted by atomic mass is 9.88. The summed E-state index contributed by atoms with van der Waals surface area (Å²) in [5.41, 5.74) is 4.63. The van der Waals surface area contributed by atoms with Gasteiger partial charge in [-0.25, -0.2) is 0 Å². The molecule has 2 aromatic carbocycles. The summed E-state index contributed by atoms with van der Waals surface area (Å²) in [6.07, 6.45) is 7.70. The van der Waals surface area contributed by atoms with Crippen LogP contribution in [0.15, 0.2) is 53.5 Å². The van der Waals surface area contributed by atoms with Crippen molar-refractivity contribution in [1.29, 1.82) is 5.26 Å². The SMILES string of the molecule is COc1ccc(C2=CC3C(c4ccc(OC5CCOCC5)c(C#N)c4)=CC=NC3N2)cc1OC. The van der Waals surface area contributed by atoms with E-state index >= 15 is 0 Å². The van der Waals surface area contributed by atoms with Gasteiger partial charge in [-0.05, 0) is 53.6 Å². The molecule has 3 aliphatic heterocycles. The average molecular weight is 458 g/mol. The van der Waals surface area contributed by atoms with Crippen molar-refractivity contribution in [3.8, 4) is 23.3 Å². The van der Waals surface area contributed by atoms with Crippen LogP contribution < -0.4 is 19.5 Å². The van der Waals surface area contributed by atoms with E-state index in [4.69, 9.17) is 18.9 Å². The monoisotopic (exact) mass is 457 g/mol. The zero-order valence-electron chi connectivity index (χ0n) is 19.3. The molecule has 7 heteroatoms. The maximum atomic E-state index is 9.79. The summed E-state index contributed by atoms with van der Waals surface area (Å²) in [6, 6.07) is 14.0. The molecule has 0 bridgehead atoms. The summed E-state index contributed by atoms with van der Waals surface area (Å²) in [7, 11) is 3.26. The molecule has 2 aromatic rings. The van der Waals surface area contributed by atoms with Gasteiger partial charge >= 0.3 is 0 Å². The summed E-state index contributed by atoms with van der Waals surface area (Å²) < 4.78 is 22.4. The Morgan fingerprint density at radius 2 is 1.76 bits per heavy atom. The van der Waals surface area contributed by atoms with Gasteiger partial charge in [0.2, 0.25) is 0 Å². The number of hydrogen-bond acceptors (Lipinski definition) is 7. The third-order valence-corrected chi connectivity index (χ3v) is 6.44. The van der Waals surface area contributed by atoms with E-state index in [1.807, 2.05) is 48.7 Å². The van der Waals surface area contributed by atoms with Gasteiger partial charge in [-0.3, -0.25) is 4.99 Å². The number of allylic oxidation sites excluding steroid dienone is 1. The molecule has 3 heterocycles. The second-order valence-electron chi connectivity index (χ2n) is 8.44. The van der Waals surface area contributed by atoms with E-state index in [1.54, 1.807) is 14.2 Å². The lowest BCUT2D eigenvalue weighted by Gasteiger charge is -2.25. The fourth-order valence-corrected chi connectivity index (χ4v) is 4.63. The van der Waals surface area contributed by atoms with E-state index in [-0.39, 0.29) is 18.2 Å². The number of aliphatic imine (C=N–C) groups is 1. The molecule has 1 fully saturated rings. The van der Waals surface area contributed by atoms with Crippen molar-refractivity contribution in [2.75, 3.05) is 27.4 Å². The van der Waals surface area contributed by atoms with E-state index in [0.717, 1.165) is 35.2 Å². The second-order valence-corrected chi connectivity index (χ2v) is 8.44. The highest BCUT2D eigenvalue weighted by atomic mass is 16.5. The molecule has 0 radical (unpaired) electrons. The van der Waals surface area contributed by atoms with E-state index < -0.39 is 0 Å². The quantitative estimate of drug-likeness (QED) is 0.700. The van der Waals surface area contributed by atoms with Gasteiger partial charge in [0, 0.05) is 36.2 Å². The maximum absolute atomic E-state index is 9.79. The summed E-state index contributed by atoms with van der Waals surface area (Å²) in [4.78, 5) is 4.63. The number of benzene rings is 2. The van der Waals surface area contributed by atoms with Gasteiger partial charge in [-0.2, -0.15) is 5.26 Å². The van der Waals surface area contributed by atoms with Crippen molar-refractivity contribution in [3.63, 3.8) is 0 Å². The first kappa shape index (κ1) is 22.1. The van der Waals surface area contributed by atoms with Crippen LogP contribution in [0.4, 0.5) is 0 Å². The van der Waals surface area contributed by atoms with Crippen LogP contribution in [0.5, 0.6) is 17.2 Å². The molecule has 0 spiro atoms. The molecule has 0 saturated carbocycles. The molecule has 7 nitrogen and oxygen atoms in total. The zero-order valence-corrected chi connectivity index (χ0v) is 19.3. The summed E-state index contributed by atoms with van der Waals surface area (Å²) in [5.74, 6) is 2.04. The second kappa shape index (κ2) is 9.62. The fourth-order valence-electron chi connectivity index (χ4n) is 4.63. The van der Waals surface area contributed by atoms with Gasteiger partial charge in [0.25, 0.3) is 0 Å². The molecule has 34 heavy (non-hydrogen) atoms. The molecule has 2 atom stereocenters. The van der Waals surface area contributed by atoms with Crippen LogP contribution in [0.3, 0.4) is 0 Å². The van der Waals surface area contributed by atoms with Gasteiger partial charge in [0.05, 0.1) is 33.0 Å². The molecule has 1 saturated heterocycles. The average Bonchev–Trinajstić information content (AvgIpc) is 3.34. The summed E-state index contributed by atoms with van der Waals surface area (Å²) in [5, 5.41) is 13.3. The number of nitriles is 1. The largest absolute Gasteiger partial charge is 0.493 e. The van der Waals surface area contributed by atoms with Crippen LogP contribution in [0, 0.1) is 17.2 Å². The van der Waals surface area contributed by atoms with Crippen molar-refractivity contribution >= 4 is 17.5 Å². The Labute approximate surface area is 199 Å². The van der Waals surface area contributed by atoms with Crippen molar-refractivity contribution < 1.29 is 18.9 Å². The zero-order chi connectivity index (χ0) is 23.5. The molecule has 2 unspecified atom stereocenters. The minimum absolute atomic E-state index is 0.0434. The van der Waals surface area contributed by atoms with Crippen LogP contribution in [-0.2, 0) is 4.74 Å². The lowest BCUT2D eigenvalue weighted by molar-refractivity contribution is 0.0254. The van der Waals surface area contributed by atoms with E-state index in [9.17, 15) is 5.26 Å². The molecule has 0 aliphatic carbocycles. The summed E-state index contributed by atoms with van der Waals surface area (Å²) in [6.45, 7) is 1.39. The third kappa shape index (κ3) is 4.25. The smallest absolute Gasteiger partial charge is 0.161 e. The van der Waals surface area contributed by atoms with Crippen molar-refractivity contribution in [3.05, 3.63) is 65.2 Å². The number of ether oxygens (including phenoxy) is 4. The highest BCUT2D eigenvalue weighted by molar-refractivity contribution is 5.90. The molecule has 174 valence electrons. The number of dihydropyridines is 1. The Balaban J connectivity index is 1.41. The first-order valence-corrected chi connectivity index (χ1v) is 11.4. The Morgan fingerprint density at radius 3 is 2.53 bits per heavy atom. The summed E-state index contributed by atoms with van der Waals surface area (Å²) >= 11 is 0. The number of nitrogens with one attached hydrogen (secondary N) is 1. The molecular weight excluding hydrogens is 430 g/mol. The molecule has 3 aliphatic rings. The lowest BCUT2D eigenvalue weighted by Crippen LogP contribution is -2.29. The number of rotatable bonds is 6. The number of hydrogen-bond donors (Lipinski definition) is 1. The Morgan fingerprint density at radius 1 is 1.00 bits per heavy atom. The fraction of sp³-hybridized carbons (Fsp3) is 0.333. The third-order valence-electron chi connectivity index (χ3n) is 6.44. The maximum Gasteiger partial charge on any atom is 0.161 e. The van der Waals surface area contributed by atoms with Crippen LogP contribution in [-0.4, -0.2) is 45.9 Å². The Bertz CT molecular complexity index is 1200. The van der Waals surface area contributed by atoms with E-state index in [1.165, 1.54) is 0 Å². The van der Waals surface area contributed by atoms with E-state index in [0.29, 0.717) is 36.0 Å². The molecule has 0 amide bonds. The highest BCUT2D eigenvalue weighted by Gasteiger charge is 2.32. The Hall–Kier alpha value is -3.76. The van der Waals surface area contributed by atoms with Crippen LogP contribution in [0.25, 0.3) is 11.3 Å². The minimum Gasteiger partial charge on any atom is -0.493 e. The number of fused-ring (bicyclic) bond motifs is 1. The van der Waals surface area contributed by atoms with Gasteiger partial charge in [-0.15, -0.1) is 0 Å². The van der Waals surface area contributed by atoms with Crippen molar-refractivity contribution in [1.82, 2.24) is 5.32 Å². The van der Waals surface area contributed by atoms with Gasteiger partial charge < -0.3 is 24.3 Å². The first-order chi connectivity index (χ1) is 16.7. The van der Waals surface area contributed by atoms with E-state index in [2.05, 4.69) is 22.5 Å². The first-order valence-electron chi connectivity index (χ1n) is 11.4. The number of nitrogens with zero attached hydrogens (tertiary/aromatic N) is 2.